The number of oxime groups is 3. The maximum absolute atomic E-state index is 12.1. The lowest BCUT2D eigenvalue weighted by molar-refractivity contribution is 0.132. The van der Waals surface area contributed by atoms with Crippen LogP contribution in [0.25, 0.3) is 5.69 Å². The Kier molecular flexibility index (Phi) is 6.80. The Hall–Kier alpha value is -3.50. The molecule has 0 fully saturated rings. The van der Waals surface area contributed by atoms with Crippen molar-refractivity contribution in [3.63, 3.8) is 0 Å². The van der Waals surface area contributed by atoms with Gasteiger partial charge in [-0.2, -0.15) is 9.36 Å². The van der Waals surface area contributed by atoms with Gasteiger partial charge in [-0.3, -0.25) is 0 Å². The van der Waals surface area contributed by atoms with Gasteiger partial charge in [0, 0.05) is 12.6 Å². The summed E-state index contributed by atoms with van der Waals surface area (Å²) in [7, 11) is 4.37. The van der Waals surface area contributed by atoms with E-state index in [1.807, 2.05) is 19.1 Å². The fraction of sp³-hybridized carbons (Fsp3) is 0.375. The number of rotatable bonds is 8. The monoisotopic (exact) mass is 375 g/mol. The SMILES string of the molecule is CON=C(/C=N\OCc1c(C)cccc1-n1nnn(C)c1=O)/C(C)=N\OC. The summed E-state index contributed by atoms with van der Waals surface area (Å²) in [6, 6.07) is 5.49. The first kappa shape index (κ1) is 19.8. The summed E-state index contributed by atoms with van der Waals surface area (Å²) >= 11 is 0. The highest BCUT2D eigenvalue weighted by Crippen LogP contribution is 2.17. The summed E-state index contributed by atoms with van der Waals surface area (Å²) in [4.78, 5) is 27.0. The molecule has 0 N–H and O–H groups in total. The number of tetrazole rings is 1. The molecule has 0 bridgehead atoms. The molecular formula is C16H21N7O4. The van der Waals surface area contributed by atoms with Crippen molar-refractivity contribution in [1.29, 1.82) is 0 Å². The van der Waals surface area contributed by atoms with E-state index in [1.165, 1.54) is 32.2 Å². The van der Waals surface area contributed by atoms with Crippen molar-refractivity contribution in [2.24, 2.45) is 22.5 Å². The molecule has 1 aromatic heterocycles. The molecule has 0 aliphatic carbocycles. The Balaban J connectivity index is 2.21. The molecule has 144 valence electrons. The summed E-state index contributed by atoms with van der Waals surface area (Å²) in [5.41, 5.74) is 2.70. The van der Waals surface area contributed by atoms with E-state index in [0.717, 1.165) is 15.8 Å². The minimum atomic E-state index is -0.355. The van der Waals surface area contributed by atoms with Gasteiger partial charge in [-0.25, -0.2) is 4.79 Å². The zero-order valence-corrected chi connectivity index (χ0v) is 15.8. The largest absolute Gasteiger partial charge is 0.399 e. The van der Waals surface area contributed by atoms with Gasteiger partial charge in [0.05, 0.1) is 11.9 Å². The lowest BCUT2D eigenvalue weighted by atomic mass is 10.1. The number of aromatic nitrogens is 4. The van der Waals surface area contributed by atoms with E-state index in [9.17, 15) is 4.79 Å². The summed E-state index contributed by atoms with van der Waals surface area (Å²) in [5.74, 6) is 0. The number of hydrogen-bond acceptors (Lipinski definition) is 9. The second-order valence-corrected chi connectivity index (χ2v) is 5.40. The van der Waals surface area contributed by atoms with Crippen LogP contribution >= 0.6 is 0 Å². The molecule has 11 heteroatoms. The highest BCUT2D eigenvalue weighted by molar-refractivity contribution is 6.62. The first-order chi connectivity index (χ1) is 13.0. The zero-order valence-electron chi connectivity index (χ0n) is 15.8. The van der Waals surface area contributed by atoms with Gasteiger partial charge in [0.1, 0.15) is 32.2 Å². The highest BCUT2D eigenvalue weighted by Gasteiger charge is 2.13. The topological polar surface area (TPSA) is 117 Å². The summed E-state index contributed by atoms with van der Waals surface area (Å²) in [5, 5.41) is 19.1. The van der Waals surface area contributed by atoms with Gasteiger partial charge < -0.3 is 14.5 Å². The second kappa shape index (κ2) is 9.27. The third-order valence-corrected chi connectivity index (χ3v) is 3.58. The van der Waals surface area contributed by atoms with Crippen molar-refractivity contribution in [1.82, 2.24) is 19.8 Å². The van der Waals surface area contributed by atoms with Crippen molar-refractivity contribution < 1.29 is 14.5 Å². The van der Waals surface area contributed by atoms with Crippen molar-refractivity contribution in [2.75, 3.05) is 14.2 Å². The van der Waals surface area contributed by atoms with E-state index in [1.54, 1.807) is 13.0 Å². The molecule has 0 radical (unpaired) electrons. The van der Waals surface area contributed by atoms with Crippen LogP contribution in [0, 0.1) is 6.92 Å². The second-order valence-electron chi connectivity index (χ2n) is 5.40. The van der Waals surface area contributed by atoms with Crippen LogP contribution in [0.3, 0.4) is 0 Å². The summed E-state index contributed by atoms with van der Waals surface area (Å²) in [6.45, 7) is 3.70. The number of hydrogen-bond donors (Lipinski definition) is 0. The predicted octanol–water partition coefficient (Wildman–Crippen LogP) is 0.802. The van der Waals surface area contributed by atoms with Gasteiger partial charge in [-0.1, -0.05) is 27.6 Å². The average Bonchev–Trinajstić information content (AvgIpc) is 2.97. The molecule has 1 aromatic carbocycles. The Morgan fingerprint density at radius 1 is 1.22 bits per heavy atom. The molecule has 0 unspecified atom stereocenters. The normalized spacial score (nSPS) is 12.5. The molecule has 0 saturated heterocycles. The molecular weight excluding hydrogens is 354 g/mol. The van der Waals surface area contributed by atoms with Crippen LogP contribution in [-0.4, -0.2) is 51.6 Å². The van der Waals surface area contributed by atoms with Crippen molar-refractivity contribution >= 4 is 17.6 Å². The van der Waals surface area contributed by atoms with Gasteiger partial charge in [0.15, 0.2) is 0 Å². The number of benzene rings is 1. The molecule has 0 aliphatic rings. The summed E-state index contributed by atoms with van der Waals surface area (Å²) < 4.78 is 2.36. The molecule has 0 saturated carbocycles. The van der Waals surface area contributed by atoms with E-state index in [2.05, 4.69) is 25.9 Å². The van der Waals surface area contributed by atoms with Gasteiger partial charge in [0.2, 0.25) is 0 Å². The quantitative estimate of drug-likeness (QED) is 0.497. The minimum Gasteiger partial charge on any atom is -0.399 e. The third-order valence-electron chi connectivity index (χ3n) is 3.58. The molecule has 0 atom stereocenters. The van der Waals surface area contributed by atoms with Crippen LogP contribution < -0.4 is 5.69 Å². The Labute approximate surface area is 155 Å². The fourth-order valence-corrected chi connectivity index (χ4v) is 2.19. The minimum absolute atomic E-state index is 0.113. The highest BCUT2D eigenvalue weighted by atomic mass is 16.6. The average molecular weight is 375 g/mol. The van der Waals surface area contributed by atoms with E-state index in [-0.39, 0.29) is 12.3 Å². The Morgan fingerprint density at radius 3 is 2.59 bits per heavy atom. The first-order valence-corrected chi connectivity index (χ1v) is 7.92. The smallest absolute Gasteiger partial charge is 0.368 e. The van der Waals surface area contributed by atoms with Crippen LogP contribution in [0.2, 0.25) is 0 Å². The van der Waals surface area contributed by atoms with E-state index < -0.39 is 0 Å². The fourth-order valence-electron chi connectivity index (χ4n) is 2.19. The van der Waals surface area contributed by atoms with E-state index in [0.29, 0.717) is 17.1 Å². The van der Waals surface area contributed by atoms with Crippen molar-refractivity contribution in [3.8, 4) is 5.69 Å². The lowest BCUT2D eigenvalue weighted by Gasteiger charge is -2.10. The molecule has 0 amide bonds. The summed E-state index contributed by atoms with van der Waals surface area (Å²) in [6.07, 6.45) is 1.35. The van der Waals surface area contributed by atoms with E-state index >= 15 is 0 Å². The number of nitrogens with zero attached hydrogens (tertiary/aromatic N) is 7. The molecule has 1 heterocycles. The van der Waals surface area contributed by atoms with E-state index in [4.69, 9.17) is 14.5 Å². The van der Waals surface area contributed by atoms with Crippen LogP contribution in [0.15, 0.2) is 38.5 Å². The van der Waals surface area contributed by atoms with Crippen LogP contribution in [0.5, 0.6) is 0 Å². The molecule has 0 aliphatic heterocycles. The molecule has 0 spiro atoms. The van der Waals surface area contributed by atoms with Gasteiger partial charge in [-0.15, -0.1) is 0 Å². The number of aryl methyl sites for hydroxylation is 2. The van der Waals surface area contributed by atoms with Crippen LogP contribution in [0.4, 0.5) is 0 Å². The van der Waals surface area contributed by atoms with Crippen LogP contribution in [0.1, 0.15) is 18.1 Å². The van der Waals surface area contributed by atoms with Gasteiger partial charge in [0.25, 0.3) is 0 Å². The maximum Gasteiger partial charge on any atom is 0.368 e. The standard InChI is InChI=1S/C16H21N7O4/c1-11-7-6-8-15(23-16(24)22(3)20-21-23)13(11)10-27-17-9-14(19-26-5)12(2)18-25-4/h6-9H,10H2,1-5H3/b17-9-,18-12-,19-14?. The molecule has 2 rings (SSSR count). The predicted molar refractivity (Wildman–Crippen MR) is 99.2 cm³/mol. The Bertz CT molecular complexity index is 927. The van der Waals surface area contributed by atoms with Gasteiger partial charge >= 0.3 is 5.69 Å². The van der Waals surface area contributed by atoms with Crippen molar-refractivity contribution in [3.05, 3.63) is 39.8 Å². The molecule has 27 heavy (non-hydrogen) atoms. The molecule has 2 aromatic rings. The maximum atomic E-state index is 12.1. The first-order valence-electron chi connectivity index (χ1n) is 7.92. The zero-order chi connectivity index (χ0) is 19.8. The van der Waals surface area contributed by atoms with Crippen molar-refractivity contribution in [2.45, 2.75) is 20.5 Å². The third kappa shape index (κ3) is 4.77. The molecule has 11 nitrogen and oxygen atoms in total. The van der Waals surface area contributed by atoms with Crippen LogP contribution in [-0.2, 0) is 28.2 Å². The lowest BCUT2D eigenvalue weighted by Crippen LogP contribution is -2.23. The van der Waals surface area contributed by atoms with Gasteiger partial charge in [-0.05, 0) is 35.9 Å². The Morgan fingerprint density at radius 2 is 1.96 bits per heavy atom.